The van der Waals surface area contributed by atoms with E-state index in [2.05, 4.69) is 10.5 Å². The van der Waals surface area contributed by atoms with E-state index < -0.39 is 28.4 Å². The van der Waals surface area contributed by atoms with Gasteiger partial charge >= 0.3 is 5.97 Å². The molecule has 0 spiro atoms. The molecule has 8 nitrogen and oxygen atoms in total. The summed E-state index contributed by atoms with van der Waals surface area (Å²) in [7, 11) is -3.98. The Morgan fingerprint density at radius 1 is 0.971 bits per heavy atom. The van der Waals surface area contributed by atoms with E-state index in [9.17, 15) is 23.1 Å². The van der Waals surface area contributed by atoms with Gasteiger partial charge in [-0.3, -0.25) is 4.79 Å². The highest BCUT2D eigenvalue weighted by Crippen LogP contribution is 2.19. The molecule has 0 bridgehead atoms. The van der Waals surface area contributed by atoms with E-state index in [-0.39, 0.29) is 17.0 Å². The third kappa shape index (κ3) is 6.37. The van der Waals surface area contributed by atoms with Gasteiger partial charge in [-0.15, -0.1) is 0 Å². The topological polar surface area (TPSA) is 116 Å². The molecule has 9 heteroatoms. The Bertz CT molecular complexity index is 1320. The molecule has 0 atom stereocenters. The number of rotatable bonds is 9. The fourth-order valence-corrected chi connectivity index (χ4v) is 4.66. The summed E-state index contributed by atoms with van der Waals surface area (Å²) >= 11 is 0. The van der Waals surface area contributed by atoms with Gasteiger partial charge in [-0.05, 0) is 37.6 Å². The number of aryl methyl sites for hydroxylation is 2. The number of carboxylic acids is 1. The minimum absolute atomic E-state index is 0.00310. The molecule has 0 aliphatic rings. The van der Waals surface area contributed by atoms with E-state index in [0.29, 0.717) is 5.56 Å². The molecule has 34 heavy (non-hydrogen) atoms. The largest absolute Gasteiger partial charge is 0.478 e. The first-order chi connectivity index (χ1) is 16.2. The molecule has 1 amide bonds. The molecule has 176 valence electrons. The molecule has 0 saturated carbocycles. The summed E-state index contributed by atoms with van der Waals surface area (Å²) in [5.74, 6) is -1.78. The van der Waals surface area contributed by atoms with Gasteiger partial charge in [0.2, 0.25) is 10.0 Å². The second-order valence-electron chi connectivity index (χ2n) is 7.76. The van der Waals surface area contributed by atoms with Gasteiger partial charge in [0, 0.05) is 12.1 Å². The summed E-state index contributed by atoms with van der Waals surface area (Å²) in [6.07, 6.45) is 1.21. The lowest BCUT2D eigenvalue weighted by atomic mass is 10.1. The van der Waals surface area contributed by atoms with Gasteiger partial charge in [-0.2, -0.15) is 9.41 Å². The molecule has 0 radical (unpaired) electrons. The number of amides is 1. The Balaban J connectivity index is 1.81. The van der Waals surface area contributed by atoms with Crippen LogP contribution in [0.15, 0.2) is 82.8 Å². The normalized spacial score (nSPS) is 11.6. The summed E-state index contributed by atoms with van der Waals surface area (Å²) in [5.41, 5.74) is 5.25. The molecule has 0 fully saturated rings. The molecule has 3 aromatic rings. The zero-order valence-corrected chi connectivity index (χ0v) is 19.6. The first-order valence-electron chi connectivity index (χ1n) is 10.4. The lowest BCUT2D eigenvalue weighted by Crippen LogP contribution is -2.39. The number of hydrogen-bond acceptors (Lipinski definition) is 5. The Kier molecular flexibility index (Phi) is 7.93. The van der Waals surface area contributed by atoms with Gasteiger partial charge in [0.05, 0.1) is 23.2 Å². The number of carbonyl (C=O) groups is 2. The van der Waals surface area contributed by atoms with Crippen molar-refractivity contribution in [3.05, 3.63) is 101 Å². The molecule has 3 rings (SSSR count). The summed E-state index contributed by atoms with van der Waals surface area (Å²) in [6.45, 7) is 3.28. The number of hydrogen-bond donors (Lipinski definition) is 2. The van der Waals surface area contributed by atoms with Crippen molar-refractivity contribution in [3.8, 4) is 0 Å². The number of nitrogens with zero attached hydrogens (tertiary/aromatic N) is 2. The van der Waals surface area contributed by atoms with E-state index in [0.717, 1.165) is 21.0 Å². The molecule has 0 heterocycles. The lowest BCUT2D eigenvalue weighted by molar-refractivity contribution is -0.121. The minimum Gasteiger partial charge on any atom is -0.478 e. The van der Waals surface area contributed by atoms with E-state index in [1.54, 1.807) is 36.4 Å². The van der Waals surface area contributed by atoms with Crippen LogP contribution in [0.25, 0.3) is 0 Å². The number of sulfonamides is 1. The summed E-state index contributed by atoms with van der Waals surface area (Å²) < 4.78 is 27.7. The summed E-state index contributed by atoms with van der Waals surface area (Å²) in [4.78, 5) is 24.0. The van der Waals surface area contributed by atoms with Gasteiger partial charge in [0.25, 0.3) is 5.91 Å². The zero-order chi connectivity index (χ0) is 24.7. The van der Waals surface area contributed by atoms with Crippen molar-refractivity contribution in [2.45, 2.75) is 25.3 Å². The van der Waals surface area contributed by atoms with Crippen molar-refractivity contribution in [2.24, 2.45) is 5.10 Å². The third-order valence-electron chi connectivity index (χ3n) is 5.00. The number of carboxylic acid groups (broad SMARTS) is 1. The fourth-order valence-electron chi connectivity index (χ4n) is 3.27. The SMILES string of the molecule is Cc1ccc(S(=O)(=O)N(CC(=O)NN=Cc2ccccc2C(=O)O)Cc2cccc(C)c2)cc1. The van der Waals surface area contributed by atoms with Crippen molar-refractivity contribution < 1.29 is 23.1 Å². The van der Waals surface area contributed by atoms with Crippen LogP contribution in [0, 0.1) is 13.8 Å². The monoisotopic (exact) mass is 479 g/mol. The molecule has 0 aliphatic carbocycles. The first kappa shape index (κ1) is 24.8. The molecular formula is C25H25N3O5S. The van der Waals surface area contributed by atoms with Gasteiger partial charge < -0.3 is 5.11 Å². The summed E-state index contributed by atoms with van der Waals surface area (Å²) in [5, 5.41) is 13.1. The predicted molar refractivity (Wildman–Crippen MR) is 129 cm³/mol. The molecule has 3 aromatic carbocycles. The van der Waals surface area contributed by atoms with Gasteiger partial charge in [0.1, 0.15) is 0 Å². The fraction of sp³-hybridized carbons (Fsp3) is 0.160. The van der Waals surface area contributed by atoms with Crippen LogP contribution in [0.3, 0.4) is 0 Å². The van der Waals surface area contributed by atoms with Crippen LogP contribution in [-0.2, 0) is 21.4 Å². The predicted octanol–water partition coefficient (Wildman–Crippen LogP) is 3.34. The maximum atomic E-state index is 13.3. The molecule has 0 unspecified atom stereocenters. The first-order valence-corrected chi connectivity index (χ1v) is 11.9. The van der Waals surface area contributed by atoms with Crippen molar-refractivity contribution in [1.29, 1.82) is 0 Å². The van der Waals surface area contributed by atoms with E-state index >= 15 is 0 Å². The van der Waals surface area contributed by atoms with Crippen molar-refractivity contribution >= 4 is 28.1 Å². The van der Waals surface area contributed by atoms with Crippen LogP contribution in [0.4, 0.5) is 0 Å². The molecular weight excluding hydrogens is 454 g/mol. The minimum atomic E-state index is -3.98. The number of nitrogens with one attached hydrogen (secondary N) is 1. The zero-order valence-electron chi connectivity index (χ0n) is 18.8. The van der Waals surface area contributed by atoms with Gasteiger partial charge in [0.15, 0.2) is 0 Å². The van der Waals surface area contributed by atoms with Crippen LogP contribution in [0.1, 0.15) is 32.6 Å². The quantitative estimate of drug-likeness (QED) is 0.361. The third-order valence-corrected chi connectivity index (χ3v) is 6.81. The maximum absolute atomic E-state index is 13.3. The van der Waals surface area contributed by atoms with E-state index in [1.165, 1.54) is 24.4 Å². The van der Waals surface area contributed by atoms with Crippen LogP contribution in [0.2, 0.25) is 0 Å². The van der Waals surface area contributed by atoms with Crippen LogP contribution in [-0.4, -0.2) is 42.5 Å². The molecule has 0 aromatic heterocycles. The van der Waals surface area contributed by atoms with Crippen LogP contribution >= 0.6 is 0 Å². The van der Waals surface area contributed by atoms with Crippen molar-refractivity contribution in [1.82, 2.24) is 9.73 Å². The average molecular weight is 480 g/mol. The van der Waals surface area contributed by atoms with Crippen molar-refractivity contribution in [2.75, 3.05) is 6.54 Å². The van der Waals surface area contributed by atoms with Gasteiger partial charge in [-0.1, -0.05) is 65.7 Å². The summed E-state index contributed by atoms with van der Waals surface area (Å²) in [6, 6.07) is 20.0. The Morgan fingerprint density at radius 3 is 2.35 bits per heavy atom. The Hall–Kier alpha value is -3.82. The Morgan fingerprint density at radius 2 is 1.68 bits per heavy atom. The number of aromatic carboxylic acids is 1. The Labute approximate surface area is 198 Å². The highest BCUT2D eigenvalue weighted by Gasteiger charge is 2.27. The number of carbonyl (C=O) groups excluding carboxylic acids is 1. The number of benzene rings is 3. The molecule has 0 aliphatic heterocycles. The smallest absolute Gasteiger partial charge is 0.336 e. The molecule has 0 saturated heterocycles. The van der Waals surface area contributed by atoms with Crippen LogP contribution in [0.5, 0.6) is 0 Å². The highest BCUT2D eigenvalue weighted by atomic mass is 32.2. The standard InChI is InChI=1S/C25H25N3O5S/c1-18-10-12-22(13-11-18)34(32,33)28(16-20-7-5-6-19(2)14-20)17-24(29)27-26-15-21-8-3-4-9-23(21)25(30)31/h3-15H,16-17H2,1-2H3,(H,27,29)(H,30,31). The molecule has 2 N–H and O–H groups in total. The second-order valence-corrected chi connectivity index (χ2v) is 9.70. The second kappa shape index (κ2) is 10.9. The van der Waals surface area contributed by atoms with Gasteiger partial charge in [-0.25, -0.2) is 18.6 Å². The van der Waals surface area contributed by atoms with E-state index in [4.69, 9.17) is 0 Å². The number of hydrazone groups is 1. The lowest BCUT2D eigenvalue weighted by Gasteiger charge is -2.22. The highest BCUT2D eigenvalue weighted by molar-refractivity contribution is 7.89. The van der Waals surface area contributed by atoms with E-state index in [1.807, 2.05) is 32.0 Å². The van der Waals surface area contributed by atoms with Crippen LogP contribution < -0.4 is 5.43 Å². The van der Waals surface area contributed by atoms with Crippen molar-refractivity contribution in [3.63, 3.8) is 0 Å². The maximum Gasteiger partial charge on any atom is 0.336 e. The average Bonchev–Trinajstić information content (AvgIpc) is 2.79.